The molecule has 1 N–H and O–H groups in total. The van der Waals surface area contributed by atoms with Crippen LogP contribution in [0.5, 0.6) is 0 Å². The summed E-state index contributed by atoms with van der Waals surface area (Å²) in [5, 5.41) is 2.86. The molecule has 0 fully saturated rings. The van der Waals surface area contributed by atoms with E-state index >= 15 is 0 Å². The molecule has 0 amide bonds. The highest BCUT2D eigenvalue weighted by molar-refractivity contribution is 4.98. The van der Waals surface area contributed by atoms with Crippen molar-refractivity contribution in [2.75, 3.05) is 0 Å². The van der Waals surface area contributed by atoms with Crippen LogP contribution in [-0.2, 0) is 13.1 Å². The Morgan fingerprint density at radius 1 is 1.47 bits per heavy atom. The van der Waals surface area contributed by atoms with E-state index in [2.05, 4.69) is 10.3 Å². The number of nitrogens with zero attached hydrogens (tertiary/aromatic N) is 2. The van der Waals surface area contributed by atoms with E-state index in [4.69, 9.17) is 0 Å². The normalized spacial score (nSPS) is 13.9. The zero-order valence-electron chi connectivity index (χ0n) is 10.1. The van der Waals surface area contributed by atoms with E-state index < -0.39 is 18.6 Å². The maximum Gasteiger partial charge on any atom is 0.390 e. The zero-order valence-corrected chi connectivity index (χ0v) is 10.1. The summed E-state index contributed by atoms with van der Waals surface area (Å²) < 4.78 is 38.3. The lowest BCUT2D eigenvalue weighted by Crippen LogP contribution is -2.31. The van der Waals surface area contributed by atoms with E-state index in [0.717, 1.165) is 18.7 Å². The van der Waals surface area contributed by atoms with Crippen LogP contribution in [0.15, 0.2) is 12.5 Å². The molecule has 17 heavy (non-hydrogen) atoms. The van der Waals surface area contributed by atoms with Gasteiger partial charge in [-0.3, -0.25) is 0 Å². The molecule has 0 aliphatic rings. The van der Waals surface area contributed by atoms with E-state index in [0.29, 0.717) is 6.54 Å². The fraction of sp³-hybridized carbons (Fsp3) is 0.727. The number of hydrogen-bond acceptors (Lipinski definition) is 2. The van der Waals surface area contributed by atoms with E-state index in [1.807, 2.05) is 11.5 Å². The minimum absolute atomic E-state index is 0.414. The molecule has 0 saturated carbocycles. The Labute approximate surface area is 99.0 Å². The Morgan fingerprint density at radius 2 is 2.18 bits per heavy atom. The predicted octanol–water partition coefficient (Wildman–Crippen LogP) is 2.72. The third-order valence-corrected chi connectivity index (χ3v) is 2.43. The van der Waals surface area contributed by atoms with Crippen LogP contribution >= 0.6 is 0 Å². The van der Waals surface area contributed by atoms with Gasteiger partial charge < -0.3 is 9.88 Å². The molecule has 0 saturated heterocycles. The molecule has 1 unspecified atom stereocenters. The van der Waals surface area contributed by atoms with E-state index in [1.165, 1.54) is 6.92 Å². The molecule has 1 aromatic rings. The molecule has 0 radical (unpaired) electrons. The Hall–Kier alpha value is -1.04. The summed E-state index contributed by atoms with van der Waals surface area (Å²) in [6, 6.07) is -0.583. The second-order valence-corrected chi connectivity index (χ2v) is 4.18. The van der Waals surface area contributed by atoms with Crippen LogP contribution in [-0.4, -0.2) is 21.8 Å². The largest absolute Gasteiger partial charge is 0.390 e. The number of hydrogen-bond donors (Lipinski definition) is 1. The van der Waals surface area contributed by atoms with Gasteiger partial charge in [-0.25, -0.2) is 4.98 Å². The summed E-state index contributed by atoms with van der Waals surface area (Å²) in [5.74, 6) is 0. The molecule has 3 nitrogen and oxygen atoms in total. The first-order valence-corrected chi connectivity index (χ1v) is 5.71. The maximum absolute atomic E-state index is 12.1. The molecule has 6 heteroatoms. The molecule has 1 atom stereocenters. The second-order valence-electron chi connectivity index (χ2n) is 4.18. The van der Waals surface area contributed by atoms with Crippen LogP contribution in [0.2, 0.25) is 0 Å². The monoisotopic (exact) mass is 249 g/mol. The number of aromatic nitrogens is 2. The molecular weight excluding hydrogens is 231 g/mol. The Morgan fingerprint density at radius 3 is 2.76 bits per heavy atom. The number of imidazole rings is 1. The van der Waals surface area contributed by atoms with E-state index in [-0.39, 0.29) is 0 Å². The first kappa shape index (κ1) is 14.0. The average molecular weight is 249 g/mol. The highest BCUT2D eigenvalue weighted by Crippen LogP contribution is 2.21. The van der Waals surface area contributed by atoms with Crippen molar-refractivity contribution in [3.05, 3.63) is 18.2 Å². The molecule has 0 aliphatic heterocycles. The van der Waals surface area contributed by atoms with Gasteiger partial charge in [0.25, 0.3) is 0 Å². The van der Waals surface area contributed by atoms with Crippen molar-refractivity contribution in [2.24, 2.45) is 0 Å². The SMILES string of the molecule is CCCn1cncc1CNC(C)CC(F)(F)F. The van der Waals surface area contributed by atoms with Gasteiger partial charge in [-0.1, -0.05) is 6.92 Å². The van der Waals surface area contributed by atoms with Crippen LogP contribution < -0.4 is 5.32 Å². The first-order chi connectivity index (χ1) is 7.92. The number of halogens is 3. The lowest BCUT2D eigenvalue weighted by atomic mass is 10.2. The highest BCUT2D eigenvalue weighted by atomic mass is 19.4. The summed E-state index contributed by atoms with van der Waals surface area (Å²) >= 11 is 0. The number of aryl methyl sites for hydroxylation is 1. The number of alkyl halides is 3. The number of rotatable bonds is 6. The van der Waals surface area contributed by atoms with Crippen LogP contribution in [0.25, 0.3) is 0 Å². The van der Waals surface area contributed by atoms with Gasteiger partial charge in [-0.2, -0.15) is 13.2 Å². The lowest BCUT2D eigenvalue weighted by molar-refractivity contribution is -0.139. The zero-order chi connectivity index (χ0) is 12.9. The molecule has 98 valence electrons. The van der Waals surface area contributed by atoms with Gasteiger partial charge in [-0.05, 0) is 13.3 Å². The van der Waals surface area contributed by atoms with Gasteiger partial charge in [0.05, 0.1) is 18.4 Å². The van der Waals surface area contributed by atoms with Crippen molar-refractivity contribution in [3.63, 3.8) is 0 Å². The smallest absolute Gasteiger partial charge is 0.333 e. The number of nitrogens with one attached hydrogen (secondary N) is 1. The van der Waals surface area contributed by atoms with Crippen molar-refractivity contribution in [3.8, 4) is 0 Å². The first-order valence-electron chi connectivity index (χ1n) is 5.71. The minimum Gasteiger partial charge on any atom is -0.333 e. The van der Waals surface area contributed by atoms with Crippen molar-refractivity contribution in [1.82, 2.24) is 14.9 Å². The highest BCUT2D eigenvalue weighted by Gasteiger charge is 2.29. The molecule has 1 heterocycles. The maximum atomic E-state index is 12.1. The Kier molecular flexibility index (Phi) is 4.99. The van der Waals surface area contributed by atoms with Crippen LogP contribution in [0.3, 0.4) is 0 Å². The van der Waals surface area contributed by atoms with Crippen molar-refractivity contribution < 1.29 is 13.2 Å². The summed E-state index contributed by atoms with van der Waals surface area (Å²) in [5.41, 5.74) is 0.917. The summed E-state index contributed by atoms with van der Waals surface area (Å²) in [6.45, 7) is 4.83. The fourth-order valence-electron chi connectivity index (χ4n) is 1.64. The van der Waals surface area contributed by atoms with E-state index in [9.17, 15) is 13.2 Å². The minimum atomic E-state index is -4.12. The third kappa shape index (κ3) is 5.21. The average Bonchev–Trinajstić information content (AvgIpc) is 2.60. The Bertz CT molecular complexity index is 333. The molecule has 0 spiro atoms. The molecule has 1 aromatic heterocycles. The summed E-state index contributed by atoms with van der Waals surface area (Å²) in [6.07, 6.45) is -0.565. The van der Waals surface area contributed by atoms with Crippen molar-refractivity contribution in [2.45, 2.75) is 52.0 Å². The van der Waals surface area contributed by atoms with Crippen LogP contribution in [0, 0.1) is 0 Å². The van der Waals surface area contributed by atoms with E-state index in [1.54, 1.807) is 12.5 Å². The lowest BCUT2D eigenvalue weighted by Gasteiger charge is -2.16. The molecule has 0 bridgehead atoms. The van der Waals surface area contributed by atoms with Crippen molar-refractivity contribution >= 4 is 0 Å². The molecule has 0 aromatic carbocycles. The van der Waals surface area contributed by atoms with Crippen molar-refractivity contribution in [1.29, 1.82) is 0 Å². The second kappa shape index (κ2) is 6.05. The molecule has 0 aliphatic carbocycles. The standard InChI is InChI=1S/C11H18F3N3/c1-3-4-17-8-15-6-10(17)7-16-9(2)5-11(12,13)14/h6,8-9,16H,3-5,7H2,1-2H3. The fourth-order valence-corrected chi connectivity index (χ4v) is 1.64. The quantitative estimate of drug-likeness (QED) is 0.840. The third-order valence-electron chi connectivity index (χ3n) is 2.43. The molecule has 1 rings (SSSR count). The van der Waals surface area contributed by atoms with Gasteiger partial charge in [-0.15, -0.1) is 0 Å². The topological polar surface area (TPSA) is 29.9 Å². The van der Waals surface area contributed by atoms with Gasteiger partial charge in [0.2, 0.25) is 0 Å². The van der Waals surface area contributed by atoms with Crippen LogP contribution in [0.4, 0.5) is 13.2 Å². The van der Waals surface area contributed by atoms with Crippen LogP contribution in [0.1, 0.15) is 32.4 Å². The van der Waals surface area contributed by atoms with Gasteiger partial charge in [0.15, 0.2) is 0 Å². The molecular formula is C11H18F3N3. The van der Waals surface area contributed by atoms with Gasteiger partial charge >= 0.3 is 6.18 Å². The summed E-state index contributed by atoms with van der Waals surface area (Å²) in [7, 11) is 0. The Balaban J connectivity index is 2.41. The summed E-state index contributed by atoms with van der Waals surface area (Å²) in [4.78, 5) is 3.99. The van der Waals surface area contributed by atoms with Gasteiger partial charge in [0, 0.05) is 25.3 Å². The van der Waals surface area contributed by atoms with Gasteiger partial charge in [0.1, 0.15) is 0 Å². The predicted molar refractivity (Wildman–Crippen MR) is 59.5 cm³/mol.